The third kappa shape index (κ3) is 15.7. The van der Waals surface area contributed by atoms with E-state index in [1.807, 2.05) is 20.6 Å². The molecule has 0 radical (unpaired) electrons. The molecule has 0 bridgehead atoms. The van der Waals surface area contributed by atoms with Crippen molar-refractivity contribution in [3.8, 4) is 0 Å². The minimum absolute atomic E-state index is 0.196. The molecule has 0 N–H and O–H groups in total. The summed E-state index contributed by atoms with van der Waals surface area (Å²) in [5.74, 6) is 0.248. The number of hydrogen-bond acceptors (Lipinski definition) is 3. The summed E-state index contributed by atoms with van der Waals surface area (Å²) in [6, 6.07) is 0. The van der Waals surface area contributed by atoms with Crippen LogP contribution < -0.4 is 0 Å². The molecule has 10 heavy (non-hydrogen) atoms. The van der Waals surface area contributed by atoms with Gasteiger partial charge >= 0.3 is 5.97 Å². The minimum Gasteiger partial charge on any atom is -0.466 e. The Morgan fingerprint density at radius 2 is 1.90 bits per heavy atom. The standard InChI is InChI=1S/C6H12O2.CH2O/c1-5(2)4-8-6(3)7;1-2/h5H,4H2,1-3H3;1H2. The second-order valence-electron chi connectivity index (χ2n) is 2.20. The van der Waals surface area contributed by atoms with Crippen molar-refractivity contribution in [2.75, 3.05) is 6.61 Å². The van der Waals surface area contributed by atoms with Crippen LogP contribution in [0.3, 0.4) is 0 Å². The molecule has 0 aliphatic rings. The number of ether oxygens (including phenoxy) is 1. The number of rotatable bonds is 2. The summed E-state index contributed by atoms with van der Waals surface area (Å²) in [5, 5.41) is 0. The van der Waals surface area contributed by atoms with E-state index in [0.717, 1.165) is 0 Å². The van der Waals surface area contributed by atoms with E-state index < -0.39 is 0 Å². The summed E-state index contributed by atoms with van der Waals surface area (Å²) >= 11 is 0. The fourth-order valence-electron chi connectivity index (χ4n) is 0.284. The lowest BCUT2D eigenvalue weighted by Crippen LogP contribution is -2.05. The zero-order chi connectivity index (χ0) is 8.57. The quantitative estimate of drug-likeness (QED) is 0.546. The molecule has 3 nitrogen and oxygen atoms in total. The highest BCUT2D eigenvalue weighted by Crippen LogP contribution is 1.91. The first-order valence-electron chi connectivity index (χ1n) is 3.05. The van der Waals surface area contributed by atoms with Gasteiger partial charge in [-0.3, -0.25) is 4.79 Å². The SMILES string of the molecule is C=O.CC(=O)OCC(C)C. The summed E-state index contributed by atoms with van der Waals surface area (Å²) < 4.78 is 4.66. The molecule has 0 fully saturated rings. The van der Waals surface area contributed by atoms with Crippen molar-refractivity contribution in [3.05, 3.63) is 0 Å². The van der Waals surface area contributed by atoms with Crippen LogP contribution in [0.2, 0.25) is 0 Å². The van der Waals surface area contributed by atoms with E-state index in [-0.39, 0.29) is 5.97 Å². The average Bonchev–Trinajstić information content (AvgIpc) is 1.89. The molecule has 60 valence electrons. The highest BCUT2D eigenvalue weighted by molar-refractivity contribution is 5.65. The van der Waals surface area contributed by atoms with E-state index in [4.69, 9.17) is 4.79 Å². The van der Waals surface area contributed by atoms with E-state index in [9.17, 15) is 4.79 Å². The molecule has 0 amide bonds. The van der Waals surface area contributed by atoms with Crippen LogP contribution in [-0.2, 0) is 14.3 Å². The first-order valence-corrected chi connectivity index (χ1v) is 3.05. The highest BCUT2D eigenvalue weighted by atomic mass is 16.5. The van der Waals surface area contributed by atoms with Gasteiger partial charge in [-0.2, -0.15) is 0 Å². The molecule has 0 unspecified atom stereocenters. The average molecular weight is 146 g/mol. The van der Waals surface area contributed by atoms with Gasteiger partial charge in [-0.25, -0.2) is 0 Å². The van der Waals surface area contributed by atoms with Crippen LogP contribution in [0.4, 0.5) is 0 Å². The smallest absolute Gasteiger partial charge is 0.302 e. The van der Waals surface area contributed by atoms with Crippen LogP contribution >= 0.6 is 0 Å². The Kier molecular flexibility index (Phi) is 9.67. The van der Waals surface area contributed by atoms with Gasteiger partial charge in [0.1, 0.15) is 6.79 Å². The summed E-state index contributed by atoms with van der Waals surface area (Å²) in [5.41, 5.74) is 0. The van der Waals surface area contributed by atoms with Crippen LogP contribution in [0.25, 0.3) is 0 Å². The van der Waals surface area contributed by atoms with Gasteiger partial charge in [-0.1, -0.05) is 13.8 Å². The van der Waals surface area contributed by atoms with Gasteiger partial charge in [0.2, 0.25) is 0 Å². The van der Waals surface area contributed by atoms with Crippen molar-refractivity contribution in [2.45, 2.75) is 20.8 Å². The third-order valence-electron chi connectivity index (χ3n) is 0.620. The van der Waals surface area contributed by atoms with Gasteiger partial charge in [0.05, 0.1) is 6.61 Å². The van der Waals surface area contributed by atoms with Crippen molar-refractivity contribution in [3.63, 3.8) is 0 Å². The maximum Gasteiger partial charge on any atom is 0.302 e. The first kappa shape index (κ1) is 11.9. The largest absolute Gasteiger partial charge is 0.466 e. The minimum atomic E-state index is -0.196. The first-order chi connectivity index (χ1) is 4.63. The van der Waals surface area contributed by atoms with Crippen LogP contribution in [0, 0.1) is 5.92 Å². The molecular weight excluding hydrogens is 132 g/mol. The van der Waals surface area contributed by atoms with Crippen LogP contribution in [0.15, 0.2) is 0 Å². The third-order valence-corrected chi connectivity index (χ3v) is 0.620. The molecule has 0 aromatic rings. The Morgan fingerprint density at radius 1 is 1.50 bits per heavy atom. The molecule has 0 aliphatic heterocycles. The predicted molar refractivity (Wildman–Crippen MR) is 38.6 cm³/mol. The molecule has 0 saturated carbocycles. The molecule has 0 rings (SSSR count). The Labute approximate surface area is 61.4 Å². The van der Waals surface area contributed by atoms with Crippen molar-refractivity contribution in [1.29, 1.82) is 0 Å². The van der Waals surface area contributed by atoms with Gasteiger partial charge in [-0.15, -0.1) is 0 Å². The normalized spacial score (nSPS) is 8.00. The van der Waals surface area contributed by atoms with Gasteiger partial charge < -0.3 is 9.53 Å². The maximum atomic E-state index is 10.1. The van der Waals surface area contributed by atoms with E-state index >= 15 is 0 Å². The molecule has 0 atom stereocenters. The lowest BCUT2D eigenvalue weighted by Gasteiger charge is -2.02. The van der Waals surface area contributed by atoms with E-state index in [2.05, 4.69) is 4.74 Å². The zero-order valence-electron chi connectivity index (χ0n) is 6.72. The van der Waals surface area contributed by atoms with Crippen LogP contribution in [0.5, 0.6) is 0 Å². The number of esters is 1. The number of hydrogen-bond donors (Lipinski definition) is 0. The van der Waals surface area contributed by atoms with Crippen molar-refractivity contribution in [1.82, 2.24) is 0 Å². The van der Waals surface area contributed by atoms with Crippen molar-refractivity contribution in [2.24, 2.45) is 5.92 Å². The molecular formula is C7H14O3. The highest BCUT2D eigenvalue weighted by Gasteiger charge is 1.94. The molecule has 3 heteroatoms. The Balaban J connectivity index is 0. The fraction of sp³-hybridized carbons (Fsp3) is 0.714. The zero-order valence-corrected chi connectivity index (χ0v) is 6.72. The molecule has 0 saturated heterocycles. The van der Waals surface area contributed by atoms with Crippen molar-refractivity contribution >= 4 is 12.8 Å². The van der Waals surface area contributed by atoms with Gasteiger partial charge in [0.15, 0.2) is 0 Å². The van der Waals surface area contributed by atoms with E-state index in [1.54, 1.807) is 0 Å². The van der Waals surface area contributed by atoms with Crippen molar-refractivity contribution < 1.29 is 14.3 Å². The summed E-state index contributed by atoms with van der Waals surface area (Å²) in [6.07, 6.45) is 0. The Bertz CT molecular complexity index is 88.9. The van der Waals surface area contributed by atoms with Gasteiger partial charge in [-0.05, 0) is 5.92 Å². The second-order valence-corrected chi connectivity index (χ2v) is 2.20. The fourth-order valence-corrected chi connectivity index (χ4v) is 0.284. The molecule has 0 spiro atoms. The lowest BCUT2D eigenvalue weighted by atomic mass is 10.2. The molecule has 0 aromatic heterocycles. The maximum absolute atomic E-state index is 10.1. The second kappa shape index (κ2) is 8.14. The lowest BCUT2D eigenvalue weighted by molar-refractivity contribution is -0.142. The topological polar surface area (TPSA) is 43.4 Å². The number of carbonyl (C=O) groups is 2. The van der Waals surface area contributed by atoms with E-state index in [0.29, 0.717) is 12.5 Å². The van der Waals surface area contributed by atoms with E-state index in [1.165, 1.54) is 6.92 Å². The Hall–Kier alpha value is -0.860. The van der Waals surface area contributed by atoms with Crippen LogP contribution in [-0.4, -0.2) is 19.4 Å². The molecule has 0 heterocycles. The summed E-state index contributed by atoms with van der Waals surface area (Å²) in [7, 11) is 0. The van der Waals surface area contributed by atoms with Crippen LogP contribution in [0.1, 0.15) is 20.8 Å². The molecule has 0 aliphatic carbocycles. The van der Waals surface area contributed by atoms with Gasteiger partial charge in [0.25, 0.3) is 0 Å². The monoisotopic (exact) mass is 146 g/mol. The number of carbonyl (C=O) groups excluding carboxylic acids is 2. The summed E-state index contributed by atoms with van der Waals surface area (Å²) in [4.78, 5) is 18.1. The molecule has 0 aromatic carbocycles. The van der Waals surface area contributed by atoms with Gasteiger partial charge in [0, 0.05) is 6.92 Å². The summed E-state index contributed by atoms with van der Waals surface area (Å²) in [6.45, 7) is 7.96. The Morgan fingerprint density at radius 3 is 2.00 bits per heavy atom. The predicted octanol–water partition coefficient (Wildman–Crippen LogP) is 1.02.